The predicted octanol–water partition coefficient (Wildman–Crippen LogP) is 2.88. The Morgan fingerprint density at radius 2 is 2.21 bits per heavy atom. The Kier molecular flexibility index (Phi) is 5.83. The lowest BCUT2D eigenvalue weighted by atomic mass is 10.1. The van der Waals surface area contributed by atoms with Crippen LogP contribution in [0, 0.1) is 0 Å². The highest BCUT2D eigenvalue weighted by Crippen LogP contribution is 2.13. The van der Waals surface area contributed by atoms with Crippen LogP contribution < -0.4 is 5.32 Å². The van der Waals surface area contributed by atoms with Gasteiger partial charge in [0.2, 0.25) is 0 Å². The Hall–Kier alpha value is -0.900. The van der Waals surface area contributed by atoms with Crippen LogP contribution in [0.15, 0.2) is 24.3 Å². The summed E-state index contributed by atoms with van der Waals surface area (Å²) < 4.78 is 11.3. The summed E-state index contributed by atoms with van der Waals surface area (Å²) in [5.74, 6) is 0. The van der Waals surface area contributed by atoms with Crippen molar-refractivity contribution in [3.8, 4) is 0 Å². The molecule has 1 heterocycles. The third kappa shape index (κ3) is 5.31. The topological polar surface area (TPSA) is 30.5 Å². The lowest BCUT2D eigenvalue weighted by Crippen LogP contribution is -2.21. The standard InChI is InChI=1S/C16H25NO2/c1-13(2)17-10-14-5-3-6-15(9-14)11-18-12-16-7-4-8-19-16/h3,5-6,9,13,16-17H,4,7-8,10-12H2,1-2H3. The molecular formula is C16H25NO2. The molecule has 1 aromatic carbocycles. The first kappa shape index (κ1) is 14.5. The minimum atomic E-state index is 0.311. The van der Waals surface area contributed by atoms with Gasteiger partial charge < -0.3 is 14.8 Å². The lowest BCUT2D eigenvalue weighted by Gasteiger charge is -2.12. The molecule has 1 aromatic rings. The number of nitrogens with one attached hydrogen (secondary N) is 1. The van der Waals surface area contributed by atoms with E-state index in [9.17, 15) is 0 Å². The molecule has 0 bridgehead atoms. The van der Waals surface area contributed by atoms with Gasteiger partial charge in [-0.05, 0) is 24.0 Å². The van der Waals surface area contributed by atoms with Gasteiger partial charge in [-0.25, -0.2) is 0 Å². The summed E-state index contributed by atoms with van der Waals surface area (Å²) in [6.45, 7) is 7.52. The number of rotatable bonds is 7. The first-order valence-electron chi connectivity index (χ1n) is 7.24. The number of ether oxygens (including phenoxy) is 2. The van der Waals surface area contributed by atoms with Gasteiger partial charge in [0.25, 0.3) is 0 Å². The molecule has 3 heteroatoms. The van der Waals surface area contributed by atoms with E-state index in [4.69, 9.17) is 9.47 Å². The van der Waals surface area contributed by atoms with Crippen molar-refractivity contribution in [3.05, 3.63) is 35.4 Å². The van der Waals surface area contributed by atoms with E-state index in [-0.39, 0.29) is 0 Å². The van der Waals surface area contributed by atoms with E-state index < -0.39 is 0 Å². The number of benzene rings is 1. The van der Waals surface area contributed by atoms with Crippen molar-refractivity contribution < 1.29 is 9.47 Å². The molecule has 1 unspecified atom stereocenters. The summed E-state index contributed by atoms with van der Waals surface area (Å²) in [6.07, 6.45) is 2.62. The summed E-state index contributed by atoms with van der Waals surface area (Å²) in [5.41, 5.74) is 2.55. The second-order valence-corrected chi connectivity index (χ2v) is 5.51. The molecule has 0 spiro atoms. The van der Waals surface area contributed by atoms with Crippen LogP contribution in [0.2, 0.25) is 0 Å². The van der Waals surface area contributed by atoms with Gasteiger partial charge in [0.05, 0.1) is 19.3 Å². The zero-order valence-corrected chi connectivity index (χ0v) is 12.0. The highest BCUT2D eigenvalue weighted by atomic mass is 16.5. The molecular weight excluding hydrogens is 238 g/mol. The Morgan fingerprint density at radius 3 is 2.95 bits per heavy atom. The molecule has 0 saturated carbocycles. The van der Waals surface area contributed by atoms with Crippen LogP contribution in [-0.2, 0) is 22.6 Å². The van der Waals surface area contributed by atoms with Crippen molar-refractivity contribution in [3.63, 3.8) is 0 Å². The second-order valence-electron chi connectivity index (χ2n) is 5.51. The molecule has 1 aliphatic rings. The quantitative estimate of drug-likeness (QED) is 0.820. The molecule has 0 aromatic heterocycles. The van der Waals surface area contributed by atoms with Gasteiger partial charge in [0.1, 0.15) is 0 Å². The summed E-state index contributed by atoms with van der Waals surface area (Å²) in [4.78, 5) is 0. The van der Waals surface area contributed by atoms with Crippen LogP contribution in [0.1, 0.15) is 37.8 Å². The molecule has 0 radical (unpaired) electrons. The van der Waals surface area contributed by atoms with E-state index in [2.05, 4.69) is 43.4 Å². The first-order valence-corrected chi connectivity index (χ1v) is 7.24. The Balaban J connectivity index is 1.74. The van der Waals surface area contributed by atoms with Crippen molar-refractivity contribution >= 4 is 0 Å². The van der Waals surface area contributed by atoms with Crippen LogP contribution >= 0.6 is 0 Å². The monoisotopic (exact) mass is 263 g/mol. The third-order valence-electron chi connectivity index (χ3n) is 3.30. The fraction of sp³-hybridized carbons (Fsp3) is 0.625. The minimum absolute atomic E-state index is 0.311. The second kappa shape index (κ2) is 7.63. The highest BCUT2D eigenvalue weighted by molar-refractivity contribution is 5.22. The van der Waals surface area contributed by atoms with Crippen LogP contribution in [0.4, 0.5) is 0 Å². The maximum absolute atomic E-state index is 5.74. The van der Waals surface area contributed by atoms with E-state index >= 15 is 0 Å². The number of hydrogen-bond acceptors (Lipinski definition) is 3. The molecule has 2 rings (SSSR count). The maximum Gasteiger partial charge on any atom is 0.0809 e. The van der Waals surface area contributed by atoms with Gasteiger partial charge in [0, 0.05) is 19.2 Å². The van der Waals surface area contributed by atoms with Crippen molar-refractivity contribution in [2.24, 2.45) is 0 Å². The SMILES string of the molecule is CC(C)NCc1cccc(COCC2CCCO2)c1. The number of hydrogen-bond donors (Lipinski definition) is 1. The van der Waals surface area contributed by atoms with Crippen molar-refractivity contribution in [1.82, 2.24) is 5.32 Å². The predicted molar refractivity (Wildman–Crippen MR) is 77.0 cm³/mol. The molecule has 19 heavy (non-hydrogen) atoms. The van der Waals surface area contributed by atoms with Gasteiger partial charge >= 0.3 is 0 Å². The normalized spacial score (nSPS) is 19.2. The lowest BCUT2D eigenvalue weighted by molar-refractivity contribution is 0.0106. The van der Waals surface area contributed by atoms with Gasteiger partial charge in [-0.2, -0.15) is 0 Å². The van der Waals surface area contributed by atoms with E-state index in [1.807, 2.05) is 0 Å². The summed E-state index contributed by atoms with van der Waals surface area (Å²) in [6, 6.07) is 9.10. The molecule has 3 nitrogen and oxygen atoms in total. The van der Waals surface area contributed by atoms with Crippen LogP contribution in [0.25, 0.3) is 0 Å². The van der Waals surface area contributed by atoms with Crippen LogP contribution in [0.5, 0.6) is 0 Å². The third-order valence-corrected chi connectivity index (χ3v) is 3.30. The summed E-state index contributed by atoms with van der Waals surface area (Å²) in [5, 5.41) is 3.43. The van der Waals surface area contributed by atoms with Crippen molar-refractivity contribution in [1.29, 1.82) is 0 Å². The molecule has 1 aliphatic heterocycles. The Bertz CT molecular complexity index is 373. The van der Waals surface area contributed by atoms with Gasteiger partial charge in [0.15, 0.2) is 0 Å². The average Bonchev–Trinajstić information content (AvgIpc) is 2.90. The minimum Gasteiger partial charge on any atom is -0.376 e. The van der Waals surface area contributed by atoms with Crippen LogP contribution in [0.3, 0.4) is 0 Å². The largest absolute Gasteiger partial charge is 0.376 e. The zero-order valence-electron chi connectivity index (χ0n) is 12.0. The smallest absolute Gasteiger partial charge is 0.0809 e. The van der Waals surface area contributed by atoms with E-state index in [0.29, 0.717) is 25.4 Å². The van der Waals surface area contributed by atoms with Gasteiger partial charge in [-0.3, -0.25) is 0 Å². The molecule has 1 atom stereocenters. The molecule has 1 saturated heterocycles. The van der Waals surface area contributed by atoms with E-state index in [1.165, 1.54) is 17.5 Å². The summed E-state index contributed by atoms with van der Waals surface area (Å²) in [7, 11) is 0. The van der Waals surface area contributed by atoms with Gasteiger partial charge in [-0.1, -0.05) is 38.1 Å². The average molecular weight is 263 g/mol. The van der Waals surface area contributed by atoms with Crippen LogP contribution in [-0.4, -0.2) is 25.4 Å². The Morgan fingerprint density at radius 1 is 1.37 bits per heavy atom. The fourth-order valence-electron chi connectivity index (χ4n) is 2.24. The molecule has 0 aliphatic carbocycles. The maximum atomic E-state index is 5.74. The molecule has 1 N–H and O–H groups in total. The molecule has 106 valence electrons. The highest BCUT2D eigenvalue weighted by Gasteiger charge is 2.15. The summed E-state index contributed by atoms with van der Waals surface area (Å²) >= 11 is 0. The van der Waals surface area contributed by atoms with Crippen molar-refractivity contribution in [2.45, 2.75) is 52.0 Å². The van der Waals surface area contributed by atoms with E-state index in [1.54, 1.807) is 0 Å². The van der Waals surface area contributed by atoms with Gasteiger partial charge in [-0.15, -0.1) is 0 Å². The molecule has 1 fully saturated rings. The molecule has 0 amide bonds. The Labute approximate surface area is 116 Å². The first-order chi connectivity index (χ1) is 9.24. The fourth-order valence-corrected chi connectivity index (χ4v) is 2.24. The van der Waals surface area contributed by atoms with Crippen molar-refractivity contribution in [2.75, 3.05) is 13.2 Å². The van der Waals surface area contributed by atoms with E-state index in [0.717, 1.165) is 19.6 Å². The zero-order chi connectivity index (χ0) is 13.5.